The number of alkyl halides is 1. The molecule has 3 nitrogen and oxygen atoms in total. The molecular weight excluding hydrogens is 409 g/mol. The second-order valence-corrected chi connectivity index (χ2v) is 8.36. The highest BCUT2D eigenvalue weighted by Crippen LogP contribution is 2.37. The Balaban J connectivity index is 2.07. The summed E-state index contributed by atoms with van der Waals surface area (Å²) in [6.45, 7) is 4.94. The summed E-state index contributed by atoms with van der Waals surface area (Å²) in [5.41, 5.74) is 2.17. The second kappa shape index (κ2) is 8.66. The van der Waals surface area contributed by atoms with Crippen LogP contribution in [-0.2, 0) is 12.4 Å². The van der Waals surface area contributed by atoms with Crippen LogP contribution in [0.15, 0.2) is 52.6 Å². The summed E-state index contributed by atoms with van der Waals surface area (Å²) in [4.78, 5) is 9.85. The smallest absolute Gasteiger partial charge is 0.125 e. The van der Waals surface area contributed by atoms with E-state index in [0.717, 1.165) is 27.0 Å². The molecule has 0 atom stereocenters. The van der Waals surface area contributed by atoms with Crippen molar-refractivity contribution >= 4 is 46.6 Å². The van der Waals surface area contributed by atoms with E-state index < -0.39 is 0 Å². The van der Waals surface area contributed by atoms with Gasteiger partial charge in [0, 0.05) is 33.9 Å². The van der Waals surface area contributed by atoms with Crippen molar-refractivity contribution in [3.63, 3.8) is 0 Å². The molecule has 0 saturated heterocycles. The zero-order valence-electron chi connectivity index (χ0n) is 14.4. The Hall–Kier alpha value is -1.20. The van der Waals surface area contributed by atoms with Gasteiger partial charge in [-0.25, -0.2) is 4.98 Å². The van der Waals surface area contributed by atoms with Gasteiger partial charge in [0.05, 0.1) is 11.6 Å². The van der Waals surface area contributed by atoms with E-state index in [0.29, 0.717) is 22.5 Å². The molecule has 0 fully saturated rings. The van der Waals surface area contributed by atoms with E-state index in [1.165, 1.54) is 0 Å². The normalized spacial score (nSPS) is 11.3. The molecule has 0 aliphatic rings. The Labute approximate surface area is 172 Å². The maximum Gasteiger partial charge on any atom is 0.125 e. The lowest BCUT2D eigenvalue weighted by molar-refractivity contribution is 0.685. The summed E-state index contributed by atoms with van der Waals surface area (Å²) >= 11 is 20.1. The minimum Gasteiger partial charge on any atom is -0.317 e. The van der Waals surface area contributed by atoms with Gasteiger partial charge in [-0.2, -0.15) is 0 Å². The van der Waals surface area contributed by atoms with Gasteiger partial charge in [-0.3, -0.25) is 4.98 Å². The Kier molecular flexibility index (Phi) is 6.51. The maximum atomic E-state index is 6.19. The molecule has 0 amide bonds. The minimum absolute atomic E-state index is 0.271. The van der Waals surface area contributed by atoms with Crippen molar-refractivity contribution < 1.29 is 0 Å². The summed E-state index contributed by atoms with van der Waals surface area (Å²) in [5, 5.41) is 2.29. The lowest BCUT2D eigenvalue weighted by Gasteiger charge is -2.13. The molecule has 3 rings (SSSR count). The van der Waals surface area contributed by atoms with E-state index in [2.05, 4.69) is 23.4 Å². The van der Waals surface area contributed by atoms with Crippen molar-refractivity contribution in [3.8, 4) is 0 Å². The van der Waals surface area contributed by atoms with Gasteiger partial charge < -0.3 is 4.57 Å². The summed E-state index contributed by atoms with van der Waals surface area (Å²) < 4.78 is 2.16. The maximum absolute atomic E-state index is 6.19. The first kappa shape index (κ1) is 19.6. The summed E-state index contributed by atoms with van der Waals surface area (Å²) in [6, 6.07) is 9.54. The number of pyridine rings is 1. The highest BCUT2D eigenvalue weighted by atomic mass is 35.5. The fourth-order valence-electron chi connectivity index (χ4n) is 2.62. The van der Waals surface area contributed by atoms with Gasteiger partial charge in [0.15, 0.2) is 0 Å². The highest BCUT2D eigenvalue weighted by Gasteiger charge is 2.20. The Morgan fingerprint density at radius 1 is 1.08 bits per heavy atom. The van der Waals surface area contributed by atoms with E-state index in [1.54, 1.807) is 30.2 Å². The third kappa shape index (κ3) is 4.55. The SMILES string of the molecule is CC(C)c1nc(CCl)n(Cc2ccncc2)c1Sc1cc(Cl)cc(Cl)c1. The Morgan fingerprint density at radius 3 is 2.31 bits per heavy atom. The van der Waals surface area contributed by atoms with Crippen LogP contribution in [0, 0.1) is 0 Å². The zero-order chi connectivity index (χ0) is 18.7. The summed E-state index contributed by atoms with van der Waals surface area (Å²) in [6.07, 6.45) is 3.58. The average molecular weight is 427 g/mol. The molecule has 7 heteroatoms. The molecule has 0 aliphatic carbocycles. The van der Waals surface area contributed by atoms with Gasteiger partial charge in [-0.05, 0) is 41.8 Å². The molecule has 26 heavy (non-hydrogen) atoms. The van der Waals surface area contributed by atoms with E-state index in [9.17, 15) is 0 Å². The van der Waals surface area contributed by atoms with E-state index >= 15 is 0 Å². The van der Waals surface area contributed by atoms with Crippen LogP contribution in [-0.4, -0.2) is 14.5 Å². The molecule has 136 valence electrons. The van der Waals surface area contributed by atoms with Crippen molar-refractivity contribution in [2.24, 2.45) is 0 Å². The molecule has 3 aromatic rings. The topological polar surface area (TPSA) is 30.7 Å². The Morgan fingerprint density at radius 2 is 1.73 bits per heavy atom. The quantitative estimate of drug-likeness (QED) is 0.413. The van der Waals surface area contributed by atoms with E-state index in [-0.39, 0.29) is 5.92 Å². The summed E-state index contributed by atoms with van der Waals surface area (Å²) in [5.74, 6) is 1.47. The molecule has 2 aromatic heterocycles. The van der Waals surface area contributed by atoms with Gasteiger partial charge in [-0.1, -0.05) is 48.8 Å². The van der Waals surface area contributed by atoms with Gasteiger partial charge in [0.2, 0.25) is 0 Å². The van der Waals surface area contributed by atoms with Crippen LogP contribution in [0.4, 0.5) is 0 Å². The van der Waals surface area contributed by atoms with Crippen LogP contribution in [0.3, 0.4) is 0 Å². The number of hydrogen-bond donors (Lipinski definition) is 0. The van der Waals surface area contributed by atoms with Crippen molar-refractivity contribution in [2.75, 3.05) is 0 Å². The predicted molar refractivity (Wildman–Crippen MR) is 110 cm³/mol. The third-order valence-corrected chi connectivity index (χ3v) is 5.60. The third-order valence-electron chi connectivity index (χ3n) is 3.83. The van der Waals surface area contributed by atoms with Crippen molar-refractivity contribution in [2.45, 2.75) is 42.1 Å². The highest BCUT2D eigenvalue weighted by molar-refractivity contribution is 7.99. The number of nitrogens with zero attached hydrogens (tertiary/aromatic N) is 3. The van der Waals surface area contributed by atoms with Gasteiger partial charge in [0.1, 0.15) is 10.9 Å². The molecule has 0 aliphatic heterocycles. The van der Waals surface area contributed by atoms with Crippen LogP contribution in [0.5, 0.6) is 0 Å². The number of imidazole rings is 1. The first-order valence-electron chi connectivity index (χ1n) is 8.16. The standard InChI is InChI=1S/C19H18Cl3N3S/c1-12(2)18-19(26-16-8-14(21)7-15(22)9-16)25(17(10-20)24-18)11-13-3-5-23-6-4-13/h3-9,12H,10-11H2,1-2H3. The molecule has 0 unspecified atom stereocenters. The van der Waals surface area contributed by atoms with Crippen LogP contribution >= 0.6 is 46.6 Å². The molecule has 1 aromatic carbocycles. The molecule has 0 spiro atoms. The van der Waals surface area contributed by atoms with Crippen LogP contribution in [0.1, 0.15) is 36.8 Å². The minimum atomic E-state index is 0.271. The molecule has 0 saturated carbocycles. The average Bonchev–Trinajstić information content (AvgIpc) is 2.93. The van der Waals surface area contributed by atoms with Gasteiger partial charge in [0.25, 0.3) is 0 Å². The number of hydrogen-bond acceptors (Lipinski definition) is 3. The lowest BCUT2D eigenvalue weighted by Crippen LogP contribution is -2.05. The van der Waals surface area contributed by atoms with Crippen molar-refractivity contribution in [1.29, 1.82) is 0 Å². The van der Waals surface area contributed by atoms with Gasteiger partial charge >= 0.3 is 0 Å². The number of benzene rings is 1. The van der Waals surface area contributed by atoms with Crippen LogP contribution in [0.2, 0.25) is 10.0 Å². The number of halogens is 3. The van der Waals surface area contributed by atoms with E-state index in [1.807, 2.05) is 24.3 Å². The fourth-order valence-corrected chi connectivity index (χ4v) is 4.74. The van der Waals surface area contributed by atoms with Crippen LogP contribution < -0.4 is 0 Å². The molecule has 0 N–H and O–H groups in total. The van der Waals surface area contributed by atoms with Gasteiger partial charge in [-0.15, -0.1) is 11.6 Å². The monoisotopic (exact) mass is 425 g/mol. The molecule has 0 radical (unpaired) electrons. The summed E-state index contributed by atoms with van der Waals surface area (Å²) in [7, 11) is 0. The second-order valence-electron chi connectivity index (χ2n) is 6.16. The first-order chi connectivity index (χ1) is 12.5. The van der Waals surface area contributed by atoms with Crippen molar-refractivity contribution in [3.05, 3.63) is 69.9 Å². The number of rotatable bonds is 6. The molecule has 2 heterocycles. The molecule has 0 bridgehead atoms. The van der Waals surface area contributed by atoms with Crippen molar-refractivity contribution in [1.82, 2.24) is 14.5 Å². The zero-order valence-corrected chi connectivity index (χ0v) is 17.5. The lowest BCUT2D eigenvalue weighted by atomic mass is 10.1. The number of aromatic nitrogens is 3. The molecular formula is C19H18Cl3N3S. The van der Waals surface area contributed by atoms with Crippen LogP contribution in [0.25, 0.3) is 0 Å². The van der Waals surface area contributed by atoms with E-state index in [4.69, 9.17) is 39.8 Å². The fraction of sp³-hybridized carbons (Fsp3) is 0.263. The Bertz CT molecular complexity index is 874. The predicted octanol–water partition coefficient (Wildman–Crippen LogP) is 6.65. The first-order valence-corrected chi connectivity index (χ1v) is 10.3. The largest absolute Gasteiger partial charge is 0.317 e.